The summed E-state index contributed by atoms with van der Waals surface area (Å²) in [5.74, 6) is -2.01. The standard InChI is InChI=1S/C34H35ClN10O5S2/c1-50-42-25(24-28(35)52-34(37)41-24)30(46)40-26-31(47)45-27(33(48)49)21(17-51-32(26)45)15-43-11-8-19-9-12-44(23(19)16-43)14-18-4-6-20(7-5-18)29(36)39-22-3-2-10-38-13-22/h4-9,11-12,16,22,26,32,38H,2-3,10,13-15,17H2,1H3,(H5-,36,37,39,40,41,46,48,49)/b42-25-/t22?,26-,32-/m1/s1. The molecule has 0 saturated carbocycles. The summed E-state index contributed by atoms with van der Waals surface area (Å²) in [5, 5.41) is 22.7. The molecule has 6 N–H and O–H groups in total. The number of benzene rings is 1. The third kappa shape index (κ3) is 7.08. The molecule has 3 atom stereocenters. The number of fused-ring (bicyclic) bond motifs is 2. The molecule has 0 aliphatic carbocycles. The Morgan fingerprint density at radius 3 is 2.75 bits per heavy atom. The van der Waals surface area contributed by atoms with Crippen LogP contribution in [0.2, 0.25) is 4.34 Å². The second-order valence-electron chi connectivity index (χ2n) is 12.5. The van der Waals surface area contributed by atoms with Crippen LogP contribution in [0.1, 0.15) is 29.7 Å². The fraction of sp³-hybridized carbons (Fsp3) is 0.324. The van der Waals surface area contributed by atoms with E-state index in [-0.39, 0.29) is 39.2 Å². The first-order valence-corrected chi connectivity index (χ1v) is 18.7. The highest BCUT2D eigenvalue weighted by molar-refractivity contribution is 8.00. The number of anilines is 1. The first kappa shape index (κ1) is 35.4. The predicted octanol–water partition coefficient (Wildman–Crippen LogP) is 0.581. The number of carbonyl (C=O) groups excluding carboxylic acids is 3. The van der Waals surface area contributed by atoms with Gasteiger partial charge in [-0.3, -0.25) is 19.5 Å². The molecular formula is C34H35ClN10O5S2. The van der Waals surface area contributed by atoms with Gasteiger partial charge in [0.2, 0.25) is 0 Å². The molecule has 0 radical (unpaired) electrons. The number of piperidine rings is 1. The number of thioether (sulfide) groups is 1. The molecular weight excluding hydrogens is 728 g/mol. The number of nitrogens with zero attached hydrogens (tertiary/aromatic N) is 6. The number of amidine groups is 1. The van der Waals surface area contributed by atoms with Crippen molar-refractivity contribution in [3.05, 3.63) is 87.4 Å². The number of aromatic nitrogens is 3. The lowest BCUT2D eigenvalue weighted by atomic mass is 10.0. The minimum absolute atomic E-state index is 0.0115. The zero-order chi connectivity index (χ0) is 36.5. The highest BCUT2D eigenvalue weighted by atomic mass is 35.5. The molecule has 2 fully saturated rings. The van der Waals surface area contributed by atoms with Crippen LogP contribution in [0.15, 0.2) is 76.4 Å². The number of amides is 2. The molecule has 52 heavy (non-hydrogen) atoms. The number of hydrogen-bond donors (Lipinski definition) is 4. The number of nitrogens with one attached hydrogen (secondary N) is 2. The van der Waals surface area contributed by atoms with E-state index >= 15 is 0 Å². The van der Waals surface area contributed by atoms with Gasteiger partial charge in [-0.05, 0) is 31.0 Å². The van der Waals surface area contributed by atoms with E-state index in [0.717, 1.165) is 59.3 Å². The summed E-state index contributed by atoms with van der Waals surface area (Å²) >= 11 is 8.47. The lowest BCUT2D eigenvalue weighted by molar-refractivity contribution is -0.687. The molecule has 7 rings (SSSR count). The minimum Gasteiger partial charge on any atom is -0.543 e. The summed E-state index contributed by atoms with van der Waals surface area (Å²) in [6, 6.07) is 11.2. The number of carbonyl (C=O) groups is 3. The van der Waals surface area contributed by atoms with E-state index in [9.17, 15) is 19.5 Å². The first-order chi connectivity index (χ1) is 25.1. The van der Waals surface area contributed by atoms with E-state index in [0.29, 0.717) is 23.7 Å². The summed E-state index contributed by atoms with van der Waals surface area (Å²) in [6.07, 6.45) is 7.96. The number of nitrogen functional groups attached to an aromatic ring is 1. The Morgan fingerprint density at radius 2 is 2.06 bits per heavy atom. The number of thiazole rings is 1. The highest BCUT2D eigenvalue weighted by Gasteiger charge is 2.53. The molecule has 15 nitrogen and oxygen atoms in total. The number of hydrogen-bond acceptors (Lipinski definition) is 12. The number of aliphatic carboxylic acids is 1. The van der Waals surface area contributed by atoms with Gasteiger partial charge in [0.05, 0.1) is 17.7 Å². The van der Waals surface area contributed by atoms with Crippen LogP contribution in [-0.2, 0) is 32.3 Å². The van der Waals surface area contributed by atoms with Crippen molar-refractivity contribution < 1.29 is 28.9 Å². The SMILES string of the molecule is CO/N=C(\C(=O)N[C@@H]1C(=O)N2C(C(=O)[O-])=C(C[n+]3ccc4ccn(Cc5ccc(C(N)=NC6CCCNC6)cc5)c4c3)CS[C@H]12)c1nc(N)sc1Cl. The first-order valence-electron chi connectivity index (χ1n) is 16.4. The maximum Gasteiger partial charge on any atom is 0.276 e. The third-order valence-corrected chi connectivity index (χ3v) is 11.5. The Bertz CT molecular complexity index is 2140. The molecule has 6 heterocycles. The summed E-state index contributed by atoms with van der Waals surface area (Å²) in [5.41, 5.74) is 15.0. The van der Waals surface area contributed by atoms with Gasteiger partial charge in [-0.1, -0.05) is 52.4 Å². The summed E-state index contributed by atoms with van der Waals surface area (Å²) < 4.78 is 4.13. The van der Waals surface area contributed by atoms with Crippen molar-refractivity contribution in [2.45, 2.75) is 43.4 Å². The molecule has 3 aromatic heterocycles. The summed E-state index contributed by atoms with van der Waals surface area (Å²) in [7, 11) is 1.25. The summed E-state index contributed by atoms with van der Waals surface area (Å²) in [6.45, 7) is 2.68. The molecule has 3 aliphatic rings. The molecule has 1 aromatic carbocycles. The molecule has 0 spiro atoms. The molecule has 270 valence electrons. The molecule has 4 aromatic rings. The average Bonchev–Trinajstić information content (AvgIpc) is 3.70. The number of halogens is 1. The van der Waals surface area contributed by atoms with Crippen molar-refractivity contribution >= 4 is 80.1 Å². The van der Waals surface area contributed by atoms with Crippen LogP contribution in [0.4, 0.5) is 5.13 Å². The Kier molecular flexibility index (Phi) is 10.2. The third-order valence-electron chi connectivity index (χ3n) is 9.09. The van der Waals surface area contributed by atoms with Crippen LogP contribution in [0.25, 0.3) is 10.9 Å². The lowest BCUT2D eigenvalue weighted by Crippen LogP contribution is -2.71. The summed E-state index contributed by atoms with van der Waals surface area (Å²) in [4.78, 5) is 53.7. The largest absolute Gasteiger partial charge is 0.543 e. The average molecular weight is 763 g/mol. The van der Waals surface area contributed by atoms with E-state index < -0.39 is 29.2 Å². The van der Waals surface area contributed by atoms with Gasteiger partial charge in [-0.2, -0.15) is 4.57 Å². The van der Waals surface area contributed by atoms with Gasteiger partial charge in [0.15, 0.2) is 29.8 Å². The van der Waals surface area contributed by atoms with Crippen LogP contribution in [0, 0.1) is 0 Å². The van der Waals surface area contributed by atoms with Crippen molar-refractivity contribution in [1.29, 1.82) is 0 Å². The maximum absolute atomic E-state index is 13.4. The molecule has 2 amide bonds. The molecule has 0 bridgehead atoms. The van der Waals surface area contributed by atoms with Crippen LogP contribution in [0.5, 0.6) is 0 Å². The normalized spacial score (nSPS) is 20.8. The predicted molar refractivity (Wildman–Crippen MR) is 196 cm³/mol. The Balaban J connectivity index is 1.05. The van der Waals surface area contributed by atoms with Crippen LogP contribution in [-0.4, -0.2) is 87.2 Å². The van der Waals surface area contributed by atoms with Gasteiger partial charge in [-0.25, -0.2) is 4.98 Å². The van der Waals surface area contributed by atoms with Gasteiger partial charge >= 0.3 is 0 Å². The van der Waals surface area contributed by atoms with E-state index in [4.69, 9.17) is 32.9 Å². The fourth-order valence-electron chi connectivity index (χ4n) is 6.57. The second kappa shape index (κ2) is 14.9. The van der Waals surface area contributed by atoms with E-state index in [1.165, 1.54) is 23.8 Å². The zero-order valence-corrected chi connectivity index (χ0v) is 30.3. The van der Waals surface area contributed by atoms with Crippen molar-refractivity contribution in [1.82, 2.24) is 25.1 Å². The van der Waals surface area contributed by atoms with Gasteiger partial charge in [-0.15, -0.1) is 11.8 Å². The number of carboxylic acids is 1. The van der Waals surface area contributed by atoms with E-state index in [1.807, 2.05) is 59.6 Å². The van der Waals surface area contributed by atoms with Crippen LogP contribution >= 0.6 is 34.7 Å². The molecule has 3 aliphatic heterocycles. The van der Waals surface area contributed by atoms with Crippen molar-refractivity contribution in [2.75, 3.05) is 31.7 Å². The van der Waals surface area contributed by atoms with Gasteiger partial charge in [0.1, 0.15) is 39.9 Å². The van der Waals surface area contributed by atoms with Crippen molar-refractivity contribution in [3.8, 4) is 0 Å². The van der Waals surface area contributed by atoms with E-state index in [2.05, 4.69) is 25.3 Å². The zero-order valence-electron chi connectivity index (χ0n) is 28.0. The number of nitrogens with two attached hydrogens (primary N) is 2. The number of aliphatic imine (C=N–C) groups is 1. The monoisotopic (exact) mass is 762 g/mol. The number of β-lactam (4-membered cyclic amide) rings is 1. The smallest absolute Gasteiger partial charge is 0.276 e. The quantitative estimate of drug-likeness (QED) is 0.0549. The van der Waals surface area contributed by atoms with Crippen LogP contribution < -0.4 is 31.8 Å². The Morgan fingerprint density at radius 1 is 1.25 bits per heavy atom. The van der Waals surface area contributed by atoms with Gasteiger partial charge in [0.25, 0.3) is 11.8 Å². The number of rotatable bonds is 11. The number of pyridine rings is 1. The van der Waals surface area contributed by atoms with Gasteiger partial charge in [0, 0.05) is 47.6 Å². The highest BCUT2D eigenvalue weighted by Crippen LogP contribution is 2.40. The van der Waals surface area contributed by atoms with Gasteiger partial charge < -0.3 is 41.4 Å². The van der Waals surface area contributed by atoms with E-state index in [1.54, 1.807) is 0 Å². The molecule has 2 saturated heterocycles. The van der Waals surface area contributed by atoms with Crippen LogP contribution in [0.3, 0.4) is 0 Å². The van der Waals surface area contributed by atoms with Crippen molar-refractivity contribution in [2.24, 2.45) is 15.9 Å². The topological polar surface area (TPSA) is 209 Å². The maximum atomic E-state index is 13.4. The number of oxime groups is 1. The molecule has 18 heteroatoms. The van der Waals surface area contributed by atoms with Crippen molar-refractivity contribution in [3.63, 3.8) is 0 Å². The molecule has 1 unspecified atom stereocenters. The Hall–Kier alpha value is -4.97. The second-order valence-corrected chi connectivity index (χ2v) is 15.2. The Labute approximate surface area is 311 Å². The number of carboxylic acid groups (broad SMARTS) is 1. The fourth-order valence-corrected chi connectivity index (χ4v) is 8.83. The lowest BCUT2D eigenvalue weighted by Gasteiger charge is -2.50. The minimum atomic E-state index is -1.47.